The minimum Gasteiger partial charge on any atom is -0.481 e. The molecule has 0 spiro atoms. The Hall–Kier alpha value is -2.47. The summed E-state index contributed by atoms with van der Waals surface area (Å²) < 4.78 is 5.97. The van der Waals surface area contributed by atoms with Gasteiger partial charge < -0.3 is 15.0 Å². The first-order valence-electron chi connectivity index (χ1n) is 10.6. The number of nitrogens with zero attached hydrogens (tertiary/aromatic N) is 3. The molecule has 0 bridgehead atoms. The van der Waals surface area contributed by atoms with Crippen LogP contribution in [0.3, 0.4) is 0 Å². The van der Waals surface area contributed by atoms with Gasteiger partial charge in [-0.1, -0.05) is 17.7 Å². The van der Waals surface area contributed by atoms with Crippen LogP contribution in [0.1, 0.15) is 53.9 Å². The molecule has 2 aliphatic heterocycles. The van der Waals surface area contributed by atoms with Gasteiger partial charge in [-0.25, -0.2) is 9.97 Å². The average molecular weight is 395 g/mol. The number of nitrogens with one attached hydrogen (secondary N) is 1. The van der Waals surface area contributed by atoms with Crippen LogP contribution in [-0.2, 0) is 17.8 Å². The molecule has 1 amide bonds. The van der Waals surface area contributed by atoms with Crippen LogP contribution in [0, 0.1) is 13.8 Å². The Bertz CT molecular complexity index is 892. The maximum atomic E-state index is 13.0. The predicted molar refractivity (Wildman–Crippen MR) is 112 cm³/mol. The van der Waals surface area contributed by atoms with Crippen molar-refractivity contribution >= 4 is 5.91 Å². The van der Waals surface area contributed by atoms with Gasteiger partial charge in [0.2, 0.25) is 0 Å². The van der Waals surface area contributed by atoms with Gasteiger partial charge in [-0.3, -0.25) is 4.79 Å². The first-order chi connectivity index (χ1) is 14.0. The molecule has 6 heteroatoms. The maximum absolute atomic E-state index is 13.0. The largest absolute Gasteiger partial charge is 0.481 e. The van der Waals surface area contributed by atoms with E-state index in [0.717, 1.165) is 54.3 Å². The van der Waals surface area contributed by atoms with E-state index in [1.165, 1.54) is 12.0 Å². The summed E-state index contributed by atoms with van der Waals surface area (Å²) in [6, 6.07) is 6.02. The zero-order valence-electron chi connectivity index (χ0n) is 17.6. The first-order valence-corrected chi connectivity index (χ1v) is 10.6. The minimum atomic E-state index is -0.522. The molecule has 1 N–H and O–H groups in total. The summed E-state index contributed by atoms with van der Waals surface area (Å²) in [4.78, 5) is 24.3. The van der Waals surface area contributed by atoms with Crippen molar-refractivity contribution in [3.63, 3.8) is 0 Å². The third kappa shape index (κ3) is 4.42. The lowest BCUT2D eigenvalue weighted by atomic mass is 9.98. The number of rotatable bonds is 4. The van der Waals surface area contributed by atoms with E-state index in [-0.39, 0.29) is 5.91 Å². The van der Waals surface area contributed by atoms with E-state index in [1.807, 2.05) is 37.1 Å². The lowest BCUT2D eigenvalue weighted by Gasteiger charge is -2.31. The van der Waals surface area contributed by atoms with Crippen molar-refractivity contribution in [2.75, 3.05) is 19.6 Å². The van der Waals surface area contributed by atoms with E-state index in [4.69, 9.17) is 9.72 Å². The fourth-order valence-electron chi connectivity index (χ4n) is 4.22. The van der Waals surface area contributed by atoms with Gasteiger partial charge in [-0.05, 0) is 51.8 Å². The number of aromatic nitrogens is 2. The Morgan fingerprint density at radius 1 is 1.34 bits per heavy atom. The zero-order valence-corrected chi connectivity index (χ0v) is 17.6. The average Bonchev–Trinajstić information content (AvgIpc) is 2.75. The van der Waals surface area contributed by atoms with Crippen molar-refractivity contribution < 1.29 is 9.53 Å². The van der Waals surface area contributed by atoms with E-state index in [2.05, 4.69) is 23.3 Å². The molecule has 0 aliphatic carbocycles. The molecule has 6 nitrogen and oxygen atoms in total. The Morgan fingerprint density at radius 3 is 2.97 bits per heavy atom. The quantitative estimate of drug-likeness (QED) is 0.864. The zero-order chi connectivity index (χ0) is 20.4. The van der Waals surface area contributed by atoms with E-state index < -0.39 is 6.10 Å². The molecule has 3 heterocycles. The van der Waals surface area contributed by atoms with Crippen LogP contribution in [0.15, 0.2) is 24.4 Å². The topological polar surface area (TPSA) is 67.3 Å². The molecule has 0 radical (unpaired) electrons. The van der Waals surface area contributed by atoms with Crippen molar-refractivity contribution in [1.29, 1.82) is 0 Å². The highest BCUT2D eigenvalue weighted by atomic mass is 16.5. The second-order valence-electron chi connectivity index (χ2n) is 8.28. The van der Waals surface area contributed by atoms with Crippen LogP contribution in [0.4, 0.5) is 0 Å². The molecule has 0 saturated carbocycles. The molecule has 2 atom stereocenters. The number of amides is 1. The minimum absolute atomic E-state index is 0.0104. The second-order valence-corrected chi connectivity index (χ2v) is 8.28. The van der Waals surface area contributed by atoms with Crippen molar-refractivity contribution in [3.8, 4) is 5.75 Å². The van der Waals surface area contributed by atoms with Crippen LogP contribution in [0.25, 0.3) is 0 Å². The maximum Gasteiger partial charge on any atom is 0.263 e. The summed E-state index contributed by atoms with van der Waals surface area (Å²) >= 11 is 0. The van der Waals surface area contributed by atoms with Crippen molar-refractivity contribution in [2.45, 2.75) is 58.6 Å². The van der Waals surface area contributed by atoms with E-state index in [9.17, 15) is 4.79 Å². The summed E-state index contributed by atoms with van der Waals surface area (Å²) in [5, 5.41) is 3.43. The number of fused-ring (bicyclic) bond motifs is 1. The summed E-state index contributed by atoms with van der Waals surface area (Å²) in [5.74, 6) is 2.13. The number of hydrogen-bond donors (Lipinski definition) is 1. The molecule has 4 rings (SSSR count). The Kier molecular flexibility index (Phi) is 5.81. The molecule has 1 saturated heterocycles. The van der Waals surface area contributed by atoms with Crippen LogP contribution in [0.5, 0.6) is 5.75 Å². The Morgan fingerprint density at radius 2 is 2.21 bits per heavy atom. The van der Waals surface area contributed by atoms with E-state index in [0.29, 0.717) is 19.0 Å². The number of piperidine rings is 1. The van der Waals surface area contributed by atoms with Crippen LogP contribution in [0.2, 0.25) is 0 Å². The molecule has 2 aliphatic rings. The number of benzene rings is 1. The van der Waals surface area contributed by atoms with Crippen LogP contribution in [-0.4, -0.2) is 46.5 Å². The Labute approximate surface area is 172 Å². The van der Waals surface area contributed by atoms with Gasteiger partial charge in [0.05, 0.1) is 5.69 Å². The molecule has 29 heavy (non-hydrogen) atoms. The van der Waals surface area contributed by atoms with Crippen LogP contribution < -0.4 is 10.1 Å². The summed E-state index contributed by atoms with van der Waals surface area (Å²) in [6.07, 6.45) is 4.48. The summed E-state index contributed by atoms with van der Waals surface area (Å²) in [5.41, 5.74) is 4.38. The molecule has 2 aromatic rings. The molecule has 1 aromatic heterocycles. The SMILES string of the molecule is Cc1ccc(O[C@H](C)C(=O)N2CCc3nc([C@@H]4CCCNC4)ncc3C2)c(C)c1. The number of carbonyl (C=O) groups is 1. The smallest absolute Gasteiger partial charge is 0.263 e. The molecular weight excluding hydrogens is 364 g/mol. The highest BCUT2D eigenvalue weighted by Crippen LogP contribution is 2.25. The van der Waals surface area contributed by atoms with Gasteiger partial charge in [0, 0.05) is 43.7 Å². The number of carbonyl (C=O) groups excluding carboxylic acids is 1. The highest BCUT2D eigenvalue weighted by Gasteiger charge is 2.28. The molecule has 0 unspecified atom stereocenters. The van der Waals surface area contributed by atoms with Crippen molar-refractivity contribution in [3.05, 3.63) is 52.6 Å². The van der Waals surface area contributed by atoms with Gasteiger partial charge in [0.15, 0.2) is 6.10 Å². The standard InChI is InChI=1S/C23H30N4O2/c1-15-6-7-21(16(2)11-15)29-17(3)23(28)27-10-8-20-19(14-27)13-25-22(26-20)18-5-4-9-24-12-18/h6-7,11,13,17-18,24H,4-5,8-10,12,14H2,1-3H3/t17-,18-/m1/s1. The molecular formula is C23H30N4O2. The van der Waals surface area contributed by atoms with Crippen molar-refractivity contribution in [1.82, 2.24) is 20.2 Å². The third-order valence-corrected chi connectivity index (χ3v) is 5.91. The fourth-order valence-corrected chi connectivity index (χ4v) is 4.22. The van der Waals surface area contributed by atoms with Gasteiger partial charge in [-0.15, -0.1) is 0 Å². The lowest BCUT2D eigenvalue weighted by Crippen LogP contribution is -2.43. The third-order valence-electron chi connectivity index (χ3n) is 5.91. The number of aryl methyl sites for hydroxylation is 2. The van der Waals surface area contributed by atoms with Gasteiger partial charge in [0.1, 0.15) is 11.6 Å². The van der Waals surface area contributed by atoms with E-state index in [1.54, 1.807) is 0 Å². The van der Waals surface area contributed by atoms with Crippen LogP contribution >= 0.6 is 0 Å². The Balaban J connectivity index is 1.41. The highest BCUT2D eigenvalue weighted by molar-refractivity contribution is 5.81. The number of hydrogen-bond acceptors (Lipinski definition) is 5. The van der Waals surface area contributed by atoms with Crippen molar-refractivity contribution in [2.24, 2.45) is 0 Å². The monoisotopic (exact) mass is 394 g/mol. The first kappa shape index (κ1) is 19.8. The van der Waals surface area contributed by atoms with E-state index >= 15 is 0 Å². The summed E-state index contributed by atoms with van der Waals surface area (Å²) in [6.45, 7) is 9.15. The number of ether oxygens (including phenoxy) is 1. The molecule has 1 fully saturated rings. The molecule has 154 valence electrons. The summed E-state index contributed by atoms with van der Waals surface area (Å²) in [7, 11) is 0. The normalized spacial score (nSPS) is 20.1. The second kappa shape index (κ2) is 8.49. The molecule has 1 aromatic carbocycles. The van der Waals surface area contributed by atoms with Gasteiger partial charge in [0.25, 0.3) is 5.91 Å². The lowest BCUT2D eigenvalue weighted by molar-refractivity contribution is -0.138. The predicted octanol–water partition coefficient (Wildman–Crippen LogP) is 2.91. The van der Waals surface area contributed by atoms with Gasteiger partial charge >= 0.3 is 0 Å². The van der Waals surface area contributed by atoms with Gasteiger partial charge in [-0.2, -0.15) is 0 Å². The fraction of sp³-hybridized carbons (Fsp3) is 0.522.